The molecule has 0 N–H and O–H groups in total. The monoisotopic (exact) mass is 1040 g/mol. The Morgan fingerprint density at radius 3 is 0.548 bits per heavy atom. The van der Waals surface area contributed by atoms with E-state index in [1.54, 1.807) is 0 Å². The molecule has 0 bridgehead atoms. The molecular formula is C54H105O4PZn3. The summed E-state index contributed by atoms with van der Waals surface area (Å²) < 4.78 is 8.55. The van der Waals surface area contributed by atoms with Crippen molar-refractivity contribution in [1.82, 2.24) is 0 Å². The summed E-state index contributed by atoms with van der Waals surface area (Å²) in [7, 11) is -5.39. The predicted octanol–water partition coefficient (Wildman–Crippen LogP) is 18.1. The van der Waals surface area contributed by atoms with E-state index in [-0.39, 0.29) is 0 Å². The van der Waals surface area contributed by atoms with Crippen LogP contribution in [0.25, 0.3) is 0 Å². The molecule has 0 aliphatic heterocycles. The van der Waals surface area contributed by atoms with E-state index in [1.165, 1.54) is 340 Å². The summed E-state index contributed by atoms with van der Waals surface area (Å²) in [6, 6.07) is 0. The molecule has 0 aromatic rings. The van der Waals surface area contributed by atoms with E-state index < -0.39 is 7.82 Å². The van der Waals surface area contributed by atoms with Gasteiger partial charge in [0.05, 0.1) is 0 Å². The maximum absolute atomic E-state index is 8.55. The first-order valence-electron chi connectivity index (χ1n) is 27.3. The molecule has 0 fully saturated rings. The van der Waals surface area contributed by atoms with Crippen LogP contribution in [0.4, 0.5) is 0 Å². The fourth-order valence-corrected chi connectivity index (χ4v) is 9.50. The first-order valence-corrected chi connectivity index (χ1v) is 35.1. The topological polar surface area (TPSA) is 86.2 Å². The van der Waals surface area contributed by atoms with Crippen molar-refractivity contribution in [2.75, 3.05) is 0 Å². The number of hydrogen-bond donors (Lipinski definition) is 0. The Hall–Kier alpha value is 1.20. The number of allylic oxidation sites excluding steroid dienone is 6. The van der Waals surface area contributed by atoms with Crippen molar-refractivity contribution in [3.63, 3.8) is 0 Å². The van der Waals surface area contributed by atoms with Gasteiger partial charge in [-0.1, -0.05) is 117 Å². The minimum absolute atomic E-state index is 1.31. The van der Waals surface area contributed by atoms with Crippen molar-refractivity contribution < 1.29 is 74.2 Å². The quantitative estimate of drug-likeness (QED) is 0.0263. The standard InChI is InChI=1S/3C18H35.H3O4P.3Zn/c3*1-3-5-7-9-11-13-15-17-18-16-14-12-10-8-6-4-2;1-5(2,3)4;;;/h3*17-18H,1,3-16H2,2H3;(H3,1,2,3,4);;;/q;;;;3*+1/p-3/b3*18-17-;;;;. The summed E-state index contributed by atoms with van der Waals surface area (Å²) in [5.41, 5.74) is 0. The maximum atomic E-state index is 8.55. The molecule has 0 aromatic heterocycles. The zero-order chi connectivity index (χ0) is 46.6. The van der Waals surface area contributed by atoms with Crippen molar-refractivity contribution in [3.05, 3.63) is 36.5 Å². The number of unbranched alkanes of at least 4 members (excludes halogenated alkanes) is 36. The molecular weight excluding hydrogens is 940 g/mol. The smallest absolute Gasteiger partial charge is 0.159 e. The second-order valence-corrected chi connectivity index (χ2v) is 23.2. The van der Waals surface area contributed by atoms with Crippen LogP contribution in [0, 0.1) is 0 Å². The molecule has 0 atom stereocenters. The molecule has 4 nitrogen and oxygen atoms in total. The van der Waals surface area contributed by atoms with Crippen LogP contribution in [0.5, 0.6) is 0 Å². The summed E-state index contributed by atoms with van der Waals surface area (Å²) in [6.45, 7) is 6.86. The zero-order valence-electron chi connectivity index (χ0n) is 42.5. The summed E-state index contributed by atoms with van der Waals surface area (Å²) >= 11 is 4.47. The predicted molar refractivity (Wildman–Crippen MR) is 260 cm³/mol. The zero-order valence-corrected chi connectivity index (χ0v) is 52.3. The van der Waals surface area contributed by atoms with Crippen LogP contribution in [-0.4, -0.2) is 0 Å². The fourth-order valence-electron chi connectivity index (χ4n) is 7.27. The van der Waals surface area contributed by atoms with Crippen LogP contribution >= 0.6 is 7.82 Å². The summed E-state index contributed by atoms with van der Waals surface area (Å²) in [6.07, 6.45) is 74.2. The van der Waals surface area contributed by atoms with E-state index in [0.717, 1.165) is 0 Å². The van der Waals surface area contributed by atoms with Gasteiger partial charge in [-0.3, -0.25) is 0 Å². The third-order valence-corrected chi connectivity index (χ3v) is 14.4. The van der Waals surface area contributed by atoms with Gasteiger partial charge in [-0.05, 0) is 0 Å². The van der Waals surface area contributed by atoms with Crippen LogP contribution in [0.3, 0.4) is 0 Å². The molecule has 0 aliphatic carbocycles. The summed E-state index contributed by atoms with van der Waals surface area (Å²) in [5, 5.41) is 4.46. The Labute approximate surface area is 420 Å². The largest absolute Gasteiger partial charge is 0.822 e. The van der Waals surface area contributed by atoms with Gasteiger partial charge in [0.15, 0.2) is 0 Å². The van der Waals surface area contributed by atoms with Crippen LogP contribution in [0.2, 0.25) is 15.0 Å². The van der Waals surface area contributed by atoms with Crippen LogP contribution < -0.4 is 14.7 Å². The van der Waals surface area contributed by atoms with Gasteiger partial charge >= 0.3 is 280 Å². The molecule has 0 aliphatic rings. The molecule has 0 spiro atoms. The third-order valence-electron chi connectivity index (χ3n) is 11.3. The van der Waals surface area contributed by atoms with Gasteiger partial charge in [0.2, 0.25) is 0 Å². The Morgan fingerprint density at radius 1 is 0.274 bits per heavy atom. The van der Waals surface area contributed by atoms with Gasteiger partial charge in [0.25, 0.3) is 0 Å². The minimum Gasteiger partial charge on any atom is -0.822 e. The SMILES string of the molecule is CCCCCCCC/C=C\CCCCCCC[CH2][Zn+].CCCCCCCC/C=C\CCCCCCC[CH2][Zn+].CCCCCCCC/C=C\CCCCCCC[CH2][Zn+].O=P([O-])([O-])[O-]. The maximum Gasteiger partial charge on any atom is -0.159 e. The molecule has 0 heterocycles. The second kappa shape index (κ2) is 68.8. The van der Waals surface area contributed by atoms with E-state index in [1.807, 2.05) is 0 Å². The first-order chi connectivity index (χ1) is 30.2. The minimum atomic E-state index is -5.39. The van der Waals surface area contributed by atoms with Gasteiger partial charge in [-0.15, -0.1) is 0 Å². The van der Waals surface area contributed by atoms with Crippen molar-refractivity contribution in [2.45, 2.75) is 305 Å². The van der Waals surface area contributed by atoms with Gasteiger partial charge in [-0.2, -0.15) is 7.82 Å². The normalized spacial score (nSPS) is 11.5. The number of rotatable bonds is 45. The van der Waals surface area contributed by atoms with E-state index in [0.29, 0.717) is 0 Å². The molecule has 0 saturated carbocycles. The molecule has 0 rings (SSSR count). The Bertz CT molecular complexity index is 776. The van der Waals surface area contributed by atoms with Crippen LogP contribution in [0.15, 0.2) is 36.5 Å². The van der Waals surface area contributed by atoms with Crippen molar-refractivity contribution in [2.24, 2.45) is 0 Å². The fraction of sp³-hybridized carbons (Fsp3) is 0.889. The Kier molecular flexibility index (Phi) is 77.4. The third kappa shape index (κ3) is 91.6. The van der Waals surface area contributed by atoms with Crippen LogP contribution in [0.1, 0.15) is 290 Å². The van der Waals surface area contributed by atoms with E-state index >= 15 is 0 Å². The summed E-state index contributed by atoms with van der Waals surface area (Å²) in [5.74, 6) is 0. The molecule has 0 unspecified atom stereocenters. The van der Waals surface area contributed by atoms with E-state index in [4.69, 9.17) is 19.2 Å². The van der Waals surface area contributed by atoms with E-state index in [9.17, 15) is 0 Å². The second-order valence-electron chi connectivity index (χ2n) is 17.8. The molecule has 8 heteroatoms. The summed E-state index contributed by atoms with van der Waals surface area (Å²) in [4.78, 5) is 25.6. The molecule has 0 saturated heterocycles. The Morgan fingerprint density at radius 2 is 0.403 bits per heavy atom. The van der Waals surface area contributed by atoms with Crippen LogP contribution in [-0.2, 0) is 59.5 Å². The average molecular weight is 1050 g/mol. The first kappa shape index (κ1) is 69.8. The average Bonchev–Trinajstić information content (AvgIpc) is 3.25. The molecule has 0 radical (unpaired) electrons. The Balaban J connectivity index is -0.000000385. The van der Waals surface area contributed by atoms with Gasteiger partial charge < -0.3 is 19.2 Å². The van der Waals surface area contributed by atoms with Gasteiger partial charge in [-0.25, -0.2) is 0 Å². The molecule has 0 amide bonds. The number of phosphoric acid groups is 1. The number of hydrogen-bond acceptors (Lipinski definition) is 4. The molecule has 62 heavy (non-hydrogen) atoms. The van der Waals surface area contributed by atoms with Crippen molar-refractivity contribution in [3.8, 4) is 0 Å². The van der Waals surface area contributed by atoms with Gasteiger partial charge in [0, 0.05) is 0 Å². The molecule has 356 valence electrons. The van der Waals surface area contributed by atoms with E-state index in [2.05, 4.69) is 57.2 Å². The molecule has 0 aromatic carbocycles. The van der Waals surface area contributed by atoms with Gasteiger partial charge in [0.1, 0.15) is 0 Å². The van der Waals surface area contributed by atoms with Crippen molar-refractivity contribution >= 4 is 7.82 Å². The van der Waals surface area contributed by atoms with Crippen molar-refractivity contribution in [1.29, 1.82) is 0 Å².